The third-order valence-electron chi connectivity index (χ3n) is 6.68. The van der Waals surface area contributed by atoms with Crippen LogP contribution in [0.5, 0.6) is 0 Å². The molecule has 0 amide bonds. The van der Waals surface area contributed by atoms with E-state index in [4.69, 9.17) is 4.98 Å². The molecule has 9 heteroatoms. The van der Waals surface area contributed by atoms with Crippen molar-refractivity contribution in [2.24, 2.45) is 0 Å². The molecule has 1 aliphatic rings. The van der Waals surface area contributed by atoms with Crippen LogP contribution >= 0.6 is 0 Å². The quantitative estimate of drug-likeness (QED) is 0.262. The lowest BCUT2D eigenvalue weighted by molar-refractivity contribution is 0.425. The Kier molecular flexibility index (Phi) is 6.15. The van der Waals surface area contributed by atoms with Crippen LogP contribution in [0.3, 0.4) is 0 Å². The number of pyridine rings is 2. The van der Waals surface area contributed by atoms with Crippen LogP contribution in [0.1, 0.15) is 12.1 Å². The Bertz CT molecular complexity index is 1610. The SMILES string of the molecule is CN(C)CCNc1cc(F)cc(-c2ccnc3[nH]c(-c4n[nH]c5ccc(C6=CCNCC6)nc45)cc23)c1. The number of benzene rings is 1. The molecule has 0 bridgehead atoms. The number of H-pyrrole nitrogens is 2. The van der Waals surface area contributed by atoms with Gasteiger partial charge in [0.2, 0.25) is 0 Å². The van der Waals surface area contributed by atoms with Gasteiger partial charge < -0.3 is 20.5 Å². The Morgan fingerprint density at radius 1 is 1.11 bits per heavy atom. The Labute approximate surface area is 214 Å². The van der Waals surface area contributed by atoms with E-state index in [2.05, 4.69) is 41.8 Å². The summed E-state index contributed by atoms with van der Waals surface area (Å²) in [5.74, 6) is -0.284. The number of fused-ring (bicyclic) bond motifs is 2. The largest absolute Gasteiger partial charge is 0.384 e. The molecule has 188 valence electrons. The van der Waals surface area contributed by atoms with Crippen LogP contribution in [-0.2, 0) is 0 Å². The summed E-state index contributed by atoms with van der Waals surface area (Å²) in [6.07, 6.45) is 4.88. The molecule has 1 aliphatic heterocycles. The fraction of sp³-hybridized carbons (Fsp3) is 0.250. The lowest BCUT2D eigenvalue weighted by Crippen LogP contribution is -2.20. The molecule has 4 aromatic heterocycles. The summed E-state index contributed by atoms with van der Waals surface area (Å²) in [7, 11) is 4.03. The molecule has 1 aromatic carbocycles. The van der Waals surface area contributed by atoms with E-state index in [9.17, 15) is 4.39 Å². The lowest BCUT2D eigenvalue weighted by atomic mass is 10.0. The molecule has 0 saturated heterocycles. The number of halogens is 1. The summed E-state index contributed by atoms with van der Waals surface area (Å²) < 4.78 is 14.6. The molecule has 4 N–H and O–H groups in total. The molecule has 0 atom stereocenters. The molecule has 0 fully saturated rings. The van der Waals surface area contributed by atoms with Crippen LogP contribution in [0.25, 0.3) is 50.2 Å². The van der Waals surface area contributed by atoms with Gasteiger partial charge in [0, 0.05) is 36.9 Å². The van der Waals surface area contributed by atoms with Crippen molar-refractivity contribution in [1.29, 1.82) is 0 Å². The van der Waals surface area contributed by atoms with E-state index in [0.717, 1.165) is 82.9 Å². The van der Waals surface area contributed by atoms with E-state index in [0.29, 0.717) is 5.65 Å². The first-order valence-electron chi connectivity index (χ1n) is 12.5. The molecule has 6 rings (SSSR count). The highest BCUT2D eigenvalue weighted by Gasteiger charge is 2.17. The van der Waals surface area contributed by atoms with Crippen molar-refractivity contribution < 1.29 is 4.39 Å². The molecule has 0 aliphatic carbocycles. The maximum atomic E-state index is 14.6. The minimum absolute atomic E-state index is 0.284. The van der Waals surface area contributed by atoms with E-state index in [1.165, 1.54) is 11.6 Å². The number of aromatic nitrogens is 5. The second kappa shape index (κ2) is 9.76. The molecule has 8 nitrogen and oxygen atoms in total. The van der Waals surface area contributed by atoms with Gasteiger partial charge in [-0.15, -0.1) is 0 Å². The Morgan fingerprint density at radius 3 is 2.86 bits per heavy atom. The van der Waals surface area contributed by atoms with Gasteiger partial charge in [0.25, 0.3) is 0 Å². The van der Waals surface area contributed by atoms with Gasteiger partial charge in [-0.05, 0) is 86.2 Å². The molecule has 0 spiro atoms. The zero-order valence-electron chi connectivity index (χ0n) is 20.9. The summed E-state index contributed by atoms with van der Waals surface area (Å²) in [6, 6.07) is 13.1. The maximum absolute atomic E-state index is 14.6. The average molecular weight is 497 g/mol. The number of hydrogen-bond donors (Lipinski definition) is 4. The zero-order chi connectivity index (χ0) is 25.4. The predicted octanol–water partition coefficient (Wildman–Crippen LogP) is 4.66. The van der Waals surface area contributed by atoms with Crippen molar-refractivity contribution >= 4 is 33.3 Å². The van der Waals surface area contributed by atoms with Crippen molar-refractivity contribution in [3.05, 3.63) is 66.2 Å². The smallest absolute Gasteiger partial charge is 0.138 e. The van der Waals surface area contributed by atoms with Crippen molar-refractivity contribution in [3.63, 3.8) is 0 Å². The number of anilines is 1. The summed E-state index contributed by atoms with van der Waals surface area (Å²) in [5.41, 5.74) is 8.60. The molecule has 0 saturated carbocycles. The first kappa shape index (κ1) is 23.3. The highest BCUT2D eigenvalue weighted by atomic mass is 19.1. The molecule has 5 heterocycles. The Balaban J connectivity index is 1.39. The number of likely N-dealkylation sites (N-methyl/N-ethyl adjacent to an activating group) is 1. The van der Waals surface area contributed by atoms with Crippen molar-refractivity contribution in [2.75, 3.05) is 45.6 Å². The fourth-order valence-electron chi connectivity index (χ4n) is 4.80. The van der Waals surface area contributed by atoms with Crippen molar-refractivity contribution in [3.8, 4) is 22.5 Å². The van der Waals surface area contributed by atoms with Crippen LogP contribution in [0.2, 0.25) is 0 Å². The van der Waals surface area contributed by atoms with Crippen molar-refractivity contribution in [1.82, 2.24) is 35.4 Å². The van der Waals surface area contributed by atoms with Crippen LogP contribution in [0.15, 0.2) is 54.7 Å². The van der Waals surface area contributed by atoms with Gasteiger partial charge in [0.1, 0.15) is 22.7 Å². The summed E-state index contributed by atoms with van der Waals surface area (Å²) in [6.45, 7) is 3.39. The van der Waals surface area contributed by atoms with E-state index < -0.39 is 0 Å². The first-order chi connectivity index (χ1) is 18.0. The van der Waals surface area contributed by atoms with E-state index >= 15 is 0 Å². The minimum Gasteiger partial charge on any atom is -0.384 e. The van der Waals surface area contributed by atoms with Gasteiger partial charge in [-0.2, -0.15) is 5.10 Å². The zero-order valence-corrected chi connectivity index (χ0v) is 20.9. The second-order valence-corrected chi connectivity index (χ2v) is 9.61. The topological polar surface area (TPSA) is 97.5 Å². The third-order valence-corrected chi connectivity index (χ3v) is 6.68. The molecule has 0 unspecified atom stereocenters. The summed E-state index contributed by atoms with van der Waals surface area (Å²) >= 11 is 0. The van der Waals surface area contributed by atoms with E-state index in [1.54, 1.807) is 12.3 Å². The average Bonchev–Trinajstić information content (AvgIpc) is 3.52. The van der Waals surface area contributed by atoms with E-state index in [1.807, 2.05) is 44.4 Å². The number of rotatable bonds is 7. The van der Waals surface area contributed by atoms with Gasteiger partial charge in [-0.3, -0.25) is 5.10 Å². The molecule has 37 heavy (non-hydrogen) atoms. The van der Waals surface area contributed by atoms with E-state index in [-0.39, 0.29) is 5.82 Å². The predicted molar refractivity (Wildman–Crippen MR) is 147 cm³/mol. The van der Waals surface area contributed by atoms with Crippen LogP contribution in [0, 0.1) is 5.82 Å². The van der Waals surface area contributed by atoms with Crippen LogP contribution in [0.4, 0.5) is 10.1 Å². The molecular weight excluding hydrogens is 467 g/mol. The maximum Gasteiger partial charge on any atom is 0.138 e. The van der Waals surface area contributed by atoms with Crippen LogP contribution < -0.4 is 10.6 Å². The lowest BCUT2D eigenvalue weighted by Gasteiger charge is -2.13. The van der Waals surface area contributed by atoms with Crippen LogP contribution in [-0.4, -0.2) is 70.3 Å². The number of hydrogen-bond acceptors (Lipinski definition) is 6. The van der Waals surface area contributed by atoms with Gasteiger partial charge in [0.15, 0.2) is 0 Å². The highest BCUT2D eigenvalue weighted by Crippen LogP contribution is 2.34. The van der Waals surface area contributed by atoms with Gasteiger partial charge >= 0.3 is 0 Å². The normalized spacial score (nSPS) is 14.0. The Hall–Kier alpha value is -4.08. The molecule has 5 aromatic rings. The second-order valence-electron chi connectivity index (χ2n) is 9.61. The number of aromatic amines is 2. The van der Waals surface area contributed by atoms with Gasteiger partial charge in [-0.1, -0.05) is 6.08 Å². The highest BCUT2D eigenvalue weighted by molar-refractivity contribution is 5.99. The van der Waals surface area contributed by atoms with Gasteiger partial charge in [-0.25, -0.2) is 14.4 Å². The monoisotopic (exact) mass is 496 g/mol. The number of nitrogens with one attached hydrogen (secondary N) is 4. The standard InChI is InChI=1S/C28H29FN8/c1-37(2)12-11-31-20-14-18(13-19(29)15-20)21-7-10-32-28-22(21)16-25(34-28)27-26-24(35-36-27)4-3-23(33-26)17-5-8-30-9-6-17/h3-5,7,10,13-16,30-31H,6,8-9,11-12H2,1-2H3,(H,32,34)(H,35,36). The number of nitrogens with zero attached hydrogens (tertiary/aromatic N) is 4. The molecular formula is C28H29FN8. The third kappa shape index (κ3) is 4.71. The first-order valence-corrected chi connectivity index (χ1v) is 12.5. The fourth-order valence-corrected chi connectivity index (χ4v) is 4.80. The summed E-state index contributed by atoms with van der Waals surface area (Å²) in [4.78, 5) is 15.0. The minimum atomic E-state index is -0.284. The van der Waals surface area contributed by atoms with Crippen molar-refractivity contribution in [2.45, 2.75) is 6.42 Å². The molecule has 0 radical (unpaired) electrons. The van der Waals surface area contributed by atoms with Gasteiger partial charge in [0.05, 0.1) is 16.9 Å². The summed E-state index contributed by atoms with van der Waals surface area (Å²) in [5, 5.41) is 15.2. The Morgan fingerprint density at radius 2 is 2.03 bits per heavy atom.